The van der Waals surface area contributed by atoms with E-state index in [0.29, 0.717) is 5.56 Å². The van der Waals surface area contributed by atoms with Gasteiger partial charge in [-0.05, 0) is 17.7 Å². The summed E-state index contributed by atoms with van der Waals surface area (Å²) in [6, 6.07) is 17.8. The standard InChI is InChI=1S/C27H23F3N2O5S/c28-27(29,30)38(35,36)32-15-13-25(14-16-32)24(34)31(18-20-7-3-1-4-8-20)19-26(25)12-11-22(37-26)17-23(33)21-9-5-2-6-10-21/h1-16,22H,17-19H2/t22-,26-/m1/s1. The predicted octanol–water partition coefficient (Wildman–Crippen LogP) is 4.17. The van der Waals surface area contributed by atoms with Crippen LogP contribution in [0.3, 0.4) is 0 Å². The summed E-state index contributed by atoms with van der Waals surface area (Å²) in [6.07, 6.45) is 6.35. The van der Waals surface area contributed by atoms with E-state index >= 15 is 0 Å². The fourth-order valence-corrected chi connectivity index (χ4v) is 5.70. The lowest BCUT2D eigenvalue weighted by atomic mass is 9.73. The summed E-state index contributed by atoms with van der Waals surface area (Å²) in [5, 5.41) is 0. The molecule has 0 radical (unpaired) electrons. The highest BCUT2D eigenvalue weighted by molar-refractivity contribution is 7.90. The molecule has 38 heavy (non-hydrogen) atoms. The van der Waals surface area contributed by atoms with Crippen molar-refractivity contribution in [3.05, 3.63) is 108 Å². The molecule has 2 aromatic carbocycles. The first-order valence-corrected chi connectivity index (χ1v) is 13.2. The Morgan fingerprint density at radius 1 is 0.974 bits per heavy atom. The third kappa shape index (κ3) is 4.25. The quantitative estimate of drug-likeness (QED) is 0.403. The third-order valence-corrected chi connectivity index (χ3v) is 8.33. The lowest BCUT2D eigenvalue weighted by Crippen LogP contribution is -2.49. The molecule has 0 aliphatic carbocycles. The number of alkyl halides is 3. The number of ether oxygens (including phenoxy) is 1. The number of amides is 1. The highest BCUT2D eigenvalue weighted by atomic mass is 32.2. The highest BCUT2D eigenvalue weighted by Crippen LogP contribution is 2.52. The molecule has 1 fully saturated rings. The summed E-state index contributed by atoms with van der Waals surface area (Å²) in [5.41, 5.74) is -7.16. The number of fused-ring (bicyclic) bond motifs is 1. The number of hydrogen-bond acceptors (Lipinski definition) is 5. The van der Waals surface area contributed by atoms with E-state index in [1.54, 1.807) is 42.5 Å². The number of ketones is 1. The molecule has 198 valence electrons. The molecular weight excluding hydrogens is 521 g/mol. The molecule has 0 saturated carbocycles. The molecule has 2 spiro atoms. The summed E-state index contributed by atoms with van der Waals surface area (Å²) in [7, 11) is -5.69. The number of carbonyl (C=O) groups is 2. The maximum atomic E-state index is 13.8. The van der Waals surface area contributed by atoms with E-state index in [1.165, 1.54) is 4.90 Å². The number of carbonyl (C=O) groups excluding carboxylic acids is 2. The molecule has 3 aliphatic heterocycles. The van der Waals surface area contributed by atoms with E-state index in [1.807, 2.05) is 30.3 Å². The number of rotatable bonds is 6. The molecule has 2 aromatic rings. The minimum Gasteiger partial charge on any atom is -0.359 e. The second-order valence-electron chi connectivity index (χ2n) is 9.33. The van der Waals surface area contributed by atoms with Gasteiger partial charge < -0.3 is 9.64 Å². The fourth-order valence-electron chi connectivity index (χ4n) is 5.02. The summed E-state index contributed by atoms with van der Waals surface area (Å²) in [4.78, 5) is 28.1. The zero-order chi connectivity index (χ0) is 27.2. The van der Waals surface area contributed by atoms with Gasteiger partial charge >= 0.3 is 15.5 Å². The molecule has 5 rings (SSSR count). The van der Waals surface area contributed by atoms with Crippen LogP contribution in [-0.2, 0) is 26.1 Å². The Bertz CT molecular complexity index is 1420. The summed E-state index contributed by atoms with van der Waals surface area (Å²) in [6.45, 7) is 0.258. The van der Waals surface area contributed by atoms with E-state index in [4.69, 9.17) is 4.74 Å². The van der Waals surface area contributed by atoms with Crippen molar-refractivity contribution >= 4 is 21.7 Å². The average molecular weight is 545 g/mol. The molecule has 0 N–H and O–H groups in total. The van der Waals surface area contributed by atoms with E-state index in [2.05, 4.69) is 0 Å². The molecule has 7 nitrogen and oxygen atoms in total. The van der Waals surface area contributed by atoms with Crippen LogP contribution in [0, 0.1) is 5.41 Å². The Balaban J connectivity index is 1.46. The largest absolute Gasteiger partial charge is 0.517 e. The number of hydrogen-bond donors (Lipinski definition) is 0. The zero-order valence-electron chi connectivity index (χ0n) is 19.9. The van der Waals surface area contributed by atoms with Crippen LogP contribution in [-0.4, -0.2) is 53.1 Å². The number of sulfonamides is 1. The van der Waals surface area contributed by atoms with Crippen LogP contribution >= 0.6 is 0 Å². The molecule has 0 aromatic heterocycles. The molecule has 0 unspecified atom stereocenters. The number of likely N-dealkylation sites (tertiary alicyclic amines) is 1. The Labute approximate surface area is 217 Å². The number of halogens is 3. The second kappa shape index (κ2) is 9.25. The van der Waals surface area contributed by atoms with Crippen molar-refractivity contribution in [1.82, 2.24) is 9.21 Å². The van der Waals surface area contributed by atoms with Gasteiger partial charge in [-0.2, -0.15) is 21.6 Å². The van der Waals surface area contributed by atoms with Gasteiger partial charge in [-0.1, -0.05) is 72.8 Å². The smallest absolute Gasteiger partial charge is 0.359 e. The topological polar surface area (TPSA) is 84.0 Å². The summed E-state index contributed by atoms with van der Waals surface area (Å²) < 4.78 is 69.7. The van der Waals surface area contributed by atoms with Crippen molar-refractivity contribution < 1.29 is 35.9 Å². The van der Waals surface area contributed by atoms with E-state index in [0.717, 1.165) is 30.1 Å². The SMILES string of the molecule is O=C(C[C@H]1C=C[C@]2(CN(Cc3ccccc3)C(=O)C23C=CN(S(=O)(=O)C(F)(F)F)C=C3)O1)c1ccccc1. The normalized spacial score (nSPS) is 24.2. The Hall–Kier alpha value is -3.70. The van der Waals surface area contributed by atoms with Crippen LogP contribution in [0.4, 0.5) is 13.2 Å². The Kier molecular flexibility index (Phi) is 6.31. The first-order valence-electron chi connectivity index (χ1n) is 11.7. The second-order valence-corrected chi connectivity index (χ2v) is 11.2. The zero-order valence-corrected chi connectivity index (χ0v) is 20.7. The lowest BCUT2D eigenvalue weighted by molar-refractivity contribution is -0.135. The Morgan fingerprint density at radius 2 is 1.58 bits per heavy atom. The van der Waals surface area contributed by atoms with Gasteiger partial charge in [0.15, 0.2) is 5.78 Å². The van der Waals surface area contributed by atoms with E-state index in [-0.39, 0.29) is 29.6 Å². The van der Waals surface area contributed by atoms with Gasteiger partial charge in [-0.3, -0.25) is 9.59 Å². The van der Waals surface area contributed by atoms with Crippen LogP contribution in [0.5, 0.6) is 0 Å². The number of benzene rings is 2. The van der Waals surface area contributed by atoms with Gasteiger partial charge in [0.25, 0.3) is 0 Å². The summed E-state index contributed by atoms with van der Waals surface area (Å²) >= 11 is 0. The number of nitrogens with zero attached hydrogens (tertiary/aromatic N) is 2. The number of Topliss-reactive ketones (excluding diaryl/α,β-unsaturated/α-hetero) is 1. The van der Waals surface area contributed by atoms with Crippen molar-refractivity contribution in [3.8, 4) is 0 Å². The minimum absolute atomic E-state index is 0.00672. The first kappa shape index (κ1) is 25.9. The van der Waals surface area contributed by atoms with Crippen molar-refractivity contribution in [3.63, 3.8) is 0 Å². The van der Waals surface area contributed by atoms with Gasteiger partial charge in [0.2, 0.25) is 5.91 Å². The van der Waals surface area contributed by atoms with Crippen molar-refractivity contribution in [2.45, 2.75) is 30.2 Å². The molecule has 3 aliphatic rings. The fraction of sp³-hybridized carbons (Fsp3) is 0.259. The lowest BCUT2D eigenvalue weighted by Gasteiger charge is -2.38. The Morgan fingerprint density at radius 3 is 2.18 bits per heavy atom. The van der Waals surface area contributed by atoms with Crippen LogP contribution in [0.1, 0.15) is 22.3 Å². The minimum atomic E-state index is -5.69. The third-order valence-electron chi connectivity index (χ3n) is 6.95. The van der Waals surface area contributed by atoms with Crippen LogP contribution in [0.25, 0.3) is 0 Å². The molecular formula is C27H23F3N2O5S. The van der Waals surface area contributed by atoms with Gasteiger partial charge in [0, 0.05) is 30.9 Å². The first-order chi connectivity index (χ1) is 18.0. The van der Waals surface area contributed by atoms with Crippen LogP contribution < -0.4 is 0 Å². The molecule has 11 heteroatoms. The van der Waals surface area contributed by atoms with Gasteiger partial charge in [-0.15, -0.1) is 0 Å². The molecule has 3 heterocycles. The average Bonchev–Trinajstić information content (AvgIpc) is 3.40. The van der Waals surface area contributed by atoms with Crippen molar-refractivity contribution in [2.24, 2.45) is 5.41 Å². The molecule has 1 amide bonds. The van der Waals surface area contributed by atoms with Crippen LogP contribution in [0.2, 0.25) is 0 Å². The predicted molar refractivity (Wildman–Crippen MR) is 132 cm³/mol. The van der Waals surface area contributed by atoms with Gasteiger partial charge in [-0.25, -0.2) is 4.31 Å². The maximum absolute atomic E-state index is 13.8. The van der Waals surface area contributed by atoms with Crippen molar-refractivity contribution in [1.29, 1.82) is 0 Å². The van der Waals surface area contributed by atoms with E-state index < -0.39 is 38.6 Å². The van der Waals surface area contributed by atoms with Crippen LogP contribution in [0.15, 0.2) is 97.4 Å². The molecule has 2 atom stereocenters. The van der Waals surface area contributed by atoms with Crippen molar-refractivity contribution in [2.75, 3.05) is 6.54 Å². The monoisotopic (exact) mass is 544 g/mol. The maximum Gasteiger partial charge on any atom is 0.517 e. The van der Waals surface area contributed by atoms with Gasteiger partial charge in [0.1, 0.15) is 11.0 Å². The molecule has 0 bridgehead atoms. The highest BCUT2D eigenvalue weighted by Gasteiger charge is 2.64. The summed E-state index contributed by atoms with van der Waals surface area (Å²) in [5.74, 6) is -0.633. The molecule has 1 saturated heterocycles. The van der Waals surface area contributed by atoms with E-state index in [9.17, 15) is 31.2 Å². The van der Waals surface area contributed by atoms with Gasteiger partial charge in [0.05, 0.1) is 12.6 Å².